The van der Waals surface area contributed by atoms with Crippen molar-refractivity contribution in [3.63, 3.8) is 0 Å². The molecule has 2 N–H and O–H groups in total. The Morgan fingerprint density at radius 3 is 2.61 bits per heavy atom. The number of nitrogens with zero attached hydrogens (tertiary/aromatic N) is 3. The first-order valence-corrected chi connectivity index (χ1v) is 12.3. The van der Waals surface area contributed by atoms with Gasteiger partial charge in [-0.15, -0.1) is 0 Å². The molecule has 1 saturated carbocycles. The Kier molecular flexibility index (Phi) is 9.94. The second kappa shape index (κ2) is 12.9. The summed E-state index contributed by atoms with van der Waals surface area (Å²) >= 11 is 0. The summed E-state index contributed by atoms with van der Waals surface area (Å²) in [4.78, 5) is 9.84. The smallest absolute Gasteiger partial charge is 0.191 e. The molecule has 6 nitrogen and oxygen atoms in total. The molecule has 0 atom stereocenters. The Morgan fingerprint density at radius 1 is 1.10 bits per heavy atom. The molecule has 1 aromatic rings. The summed E-state index contributed by atoms with van der Waals surface area (Å²) in [5.41, 5.74) is 2.41. The third-order valence-corrected chi connectivity index (χ3v) is 6.36. The van der Waals surface area contributed by atoms with Gasteiger partial charge in [-0.1, -0.05) is 12.1 Å². The molecule has 174 valence electrons. The lowest BCUT2D eigenvalue weighted by Crippen LogP contribution is -2.44. The second-order valence-corrected chi connectivity index (χ2v) is 9.11. The van der Waals surface area contributed by atoms with Crippen LogP contribution < -0.4 is 15.4 Å². The summed E-state index contributed by atoms with van der Waals surface area (Å²) in [6.07, 6.45) is 7.69. The molecule has 0 radical (unpaired) electrons. The molecule has 0 amide bonds. The number of unbranched alkanes of at least 4 members (excludes halogenated alkanes) is 1. The number of guanidine groups is 1. The monoisotopic (exact) mass is 429 g/mol. The lowest BCUT2D eigenvalue weighted by molar-refractivity contribution is 0.152. The molecular formula is C25H43N5O. The minimum atomic E-state index is 0.371. The second-order valence-electron chi connectivity index (χ2n) is 9.11. The summed E-state index contributed by atoms with van der Waals surface area (Å²) in [5.74, 6) is 1.91. The number of aryl methyl sites for hydroxylation is 1. The molecule has 1 heterocycles. The predicted octanol–water partition coefficient (Wildman–Crippen LogP) is 3.40. The highest BCUT2D eigenvalue weighted by atomic mass is 16.5. The normalized spacial score (nSPS) is 19.0. The maximum Gasteiger partial charge on any atom is 0.191 e. The van der Waals surface area contributed by atoms with Crippen molar-refractivity contribution in [3.8, 4) is 5.75 Å². The van der Waals surface area contributed by atoms with E-state index in [2.05, 4.69) is 59.5 Å². The first kappa shape index (κ1) is 23.9. The number of likely N-dealkylation sites (N-methyl/N-ethyl adjacent to an activating group) is 1. The van der Waals surface area contributed by atoms with Gasteiger partial charge in [-0.25, -0.2) is 4.99 Å². The van der Waals surface area contributed by atoms with E-state index in [4.69, 9.17) is 9.73 Å². The van der Waals surface area contributed by atoms with Gasteiger partial charge in [0.15, 0.2) is 5.96 Å². The van der Waals surface area contributed by atoms with Crippen molar-refractivity contribution in [1.82, 2.24) is 20.4 Å². The lowest BCUT2D eigenvalue weighted by Gasteiger charge is -2.32. The van der Waals surface area contributed by atoms with Crippen molar-refractivity contribution in [1.29, 1.82) is 0 Å². The summed E-state index contributed by atoms with van der Waals surface area (Å²) in [6, 6.07) is 6.50. The van der Waals surface area contributed by atoms with Crippen LogP contribution in [-0.2, 0) is 6.54 Å². The molecule has 3 rings (SSSR count). The van der Waals surface area contributed by atoms with E-state index in [1.54, 1.807) is 0 Å². The van der Waals surface area contributed by atoms with Gasteiger partial charge in [-0.2, -0.15) is 0 Å². The van der Waals surface area contributed by atoms with Gasteiger partial charge in [-0.05, 0) is 77.6 Å². The Labute approximate surface area is 189 Å². The molecule has 31 heavy (non-hydrogen) atoms. The molecule has 1 saturated heterocycles. The number of aliphatic imine (C=N–C) groups is 1. The number of rotatable bonds is 10. The zero-order valence-electron chi connectivity index (χ0n) is 20.0. The van der Waals surface area contributed by atoms with Gasteiger partial charge < -0.3 is 25.2 Å². The van der Waals surface area contributed by atoms with Gasteiger partial charge in [0.2, 0.25) is 0 Å². The van der Waals surface area contributed by atoms with E-state index < -0.39 is 0 Å². The van der Waals surface area contributed by atoms with Crippen molar-refractivity contribution in [2.75, 3.05) is 52.9 Å². The highest BCUT2D eigenvalue weighted by Gasteiger charge is 2.18. The molecule has 6 heteroatoms. The van der Waals surface area contributed by atoms with Crippen LogP contribution in [0.3, 0.4) is 0 Å². The average Bonchev–Trinajstić information content (AvgIpc) is 3.27. The number of nitrogens with one attached hydrogen (secondary N) is 2. The Balaban J connectivity index is 1.45. The standard InChI is InChI=1S/C25H43N5O/c1-4-26-25(27-13-7-8-14-30-17-15-29(3)16-18-30)28-20-22-12-11-21(2)19-24(22)31-23-9-5-6-10-23/h11-12,19,23H,4-10,13-18,20H2,1-3H3,(H2,26,27,28). The maximum atomic E-state index is 6.34. The van der Waals surface area contributed by atoms with Gasteiger partial charge in [0.25, 0.3) is 0 Å². The summed E-state index contributed by atoms with van der Waals surface area (Å²) in [6.45, 7) is 12.7. The molecule has 1 aliphatic carbocycles. The van der Waals surface area contributed by atoms with Crippen LogP contribution in [0, 0.1) is 6.92 Å². The SMILES string of the molecule is CCNC(=NCc1ccc(C)cc1OC1CCCC1)NCCCCN1CCN(C)CC1. The fraction of sp³-hybridized carbons (Fsp3) is 0.720. The van der Waals surface area contributed by atoms with Crippen molar-refractivity contribution in [2.45, 2.75) is 65.0 Å². The van der Waals surface area contributed by atoms with E-state index >= 15 is 0 Å². The van der Waals surface area contributed by atoms with Gasteiger partial charge >= 0.3 is 0 Å². The van der Waals surface area contributed by atoms with Gasteiger partial charge in [-0.3, -0.25) is 0 Å². The van der Waals surface area contributed by atoms with Crippen LogP contribution in [0.5, 0.6) is 5.75 Å². The first-order chi connectivity index (χ1) is 15.1. The van der Waals surface area contributed by atoms with Crippen LogP contribution >= 0.6 is 0 Å². The van der Waals surface area contributed by atoms with Crippen LogP contribution in [0.25, 0.3) is 0 Å². The fourth-order valence-electron chi connectivity index (χ4n) is 4.33. The number of benzene rings is 1. The maximum absolute atomic E-state index is 6.34. The molecular weight excluding hydrogens is 386 g/mol. The predicted molar refractivity (Wildman–Crippen MR) is 130 cm³/mol. The summed E-state index contributed by atoms with van der Waals surface area (Å²) in [5, 5.41) is 6.90. The Bertz CT molecular complexity index is 678. The van der Waals surface area contributed by atoms with Gasteiger partial charge in [0.1, 0.15) is 5.75 Å². The van der Waals surface area contributed by atoms with Gasteiger partial charge in [0.05, 0.1) is 12.6 Å². The number of ether oxygens (including phenoxy) is 1. The van der Waals surface area contributed by atoms with E-state index in [1.807, 2.05) is 0 Å². The van der Waals surface area contributed by atoms with Gasteiger partial charge in [0, 0.05) is 44.8 Å². The van der Waals surface area contributed by atoms with Crippen LogP contribution in [-0.4, -0.2) is 74.7 Å². The highest BCUT2D eigenvalue weighted by molar-refractivity contribution is 5.79. The van der Waals surface area contributed by atoms with Crippen molar-refractivity contribution in [2.24, 2.45) is 4.99 Å². The summed E-state index contributed by atoms with van der Waals surface area (Å²) in [7, 11) is 2.21. The van der Waals surface area contributed by atoms with E-state index in [1.165, 1.54) is 76.0 Å². The van der Waals surface area contributed by atoms with Crippen LogP contribution in [0.4, 0.5) is 0 Å². The summed E-state index contributed by atoms with van der Waals surface area (Å²) < 4.78 is 6.34. The minimum Gasteiger partial charge on any atom is -0.490 e. The van der Waals surface area contributed by atoms with Crippen molar-refractivity contribution >= 4 is 5.96 Å². The van der Waals surface area contributed by atoms with E-state index in [0.29, 0.717) is 12.6 Å². The topological polar surface area (TPSA) is 52.1 Å². The zero-order valence-corrected chi connectivity index (χ0v) is 20.0. The first-order valence-electron chi connectivity index (χ1n) is 12.3. The molecule has 0 bridgehead atoms. The Morgan fingerprint density at radius 2 is 1.87 bits per heavy atom. The largest absolute Gasteiger partial charge is 0.490 e. The number of piperazine rings is 1. The molecule has 1 aliphatic heterocycles. The molecule has 0 spiro atoms. The molecule has 0 aromatic heterocycles. The van der Waals surface area contributed by atoms with Crippen LogP contribution in [0.15, 0.2) is 23.2 Å². The van der Waals surface area contributed by atoms with E-state index in [-0.39, 0.29) is 0 Å². The third-order valence-electron chi connectivity index (χ3n) is 6.36. The highest BCUT2D eigenvalue weighted by Crippen LogP contribution is 2.28. The Hall–Kier alpha value is -1.79. The molecule has 2 fully saturated rings. The minimum absolute atomic E-state index is 0.371. The molecule has 1 aromatic carbocycles. The average molecular weight is 430 g/mol. The van der Waals surface area contributed by atoms with Crippen LogP contribution in [0.1, 0.15) is 56.6 Å². The van der Waals surface area contributed by atoms with Crippen LogP contribution in [0.2, 0.25) is 0 Å². The van der Waals surface area contributed by atoms with E-state index in [9.17, 15) is 0 Å². The third kappa shape index (κ3) is 8.34. The number of hydrogen-bond acceptors (Lipinski definition) is 4. The zero-order chi connectivity index (χ0) is 21.9. The van der Waals surface area contributed by atoms with E-state index in [0.717, 1.165) is 31.2 Å². The lowest BCUT2D eigenvalue weighted by atomic mass is 10.1. The number of hydrogen-bond donors (Lipinski definition) is 2. The molecule has 2 aliphatic rings. The quantitative estimate of drug-likeness (QED) is 0.339. The van der Waals surface area contributed by atoms with Crippen molar-refractivity contribution in [3.05, 3.63) is 29.3 Å². The fourth-order valence-corrected chi connectivity index (χ4v) is 4.33. The van der Waals surface area contributed by atoms with Crippen molar-refractivity contribution < 1.29 is 4.74 Å². The molecule has 0 unspecified atom stereocenters.